The molecule has 0 saturated carbocycles. The molecule has 2 nitrogen and oxygen atoms in total. The van der Waals surface area contributed by atoms with E-state index in [1.807, 2.05) is 0 Å². The van der Waals surface area contributed by atoms with Crippen LogP contribution in [0.4, 0.5) is 0 Å². The first-order valence-electron chi connectivity index (χ1n) is 3.82. The summed E-state index contributed by atoms with van der Waals surface area (Å²) in [6.45, 7) is 2.33. The van der Waals surface area contributed by atoms with Crippen molar-refractivity contribution in [3.05, 3.63) is 0 Å². The van der Waals surface area contributed by atoms with Crippen LogP contribution in [0, 0.1) is 5.92 Å². The molecule has 2 atom stereocenters. The fraction of sp³-hybridized carbons (Fsp3) is 1.00. The van der Waals surface area contributed by atoms with Crippen LogP contribution < -0.4 is 5.73 Å². The maximum Gasteiger partial charge on any atom is 0.0518 e. The van der Waals surface area contributed by atoms with Gasteiger partial charge in [-0.15, -0.1) is 0 Å². The molecule has 0 aromatic carbocycles. The van der Waals surface area contributed by atoms with Crippen LogP contribution in [0.25, 0.3) is 0 Å². The van der Waals surface area contributed by atoms with Crippen LogP contribution in [-0.4, -0.2) is 30.4 Å². The minimum atomic E-state index is 0.0720. The third kappa shape index (κ3) is 2.15. The molecule has 3 heteroatoms. The normalized spacial score (nSPS) is 32.1. The molecular weight excluding hydrogens is 144 g/mol. The first-order chi connectivity index (χ1) is 4.70. The lowest BCUT2D eigenvalue weighted by Crippen LogP contribution is -2.39. The average molecular weight is 160 g/mol. The van der Waals surface area contributed by atoms with Crippen LogP contribution in [0.3, 0.4) is 0 Å². The first-order valence-corrected chi connectivity index (χ1v) is 4.34. The second-order valence-electron chi connectivity index (χ2n) is 3.16. The molecule has 1 saturated heterocycles. The van der Waals surface area contributed by atoms with Crippen molar-refractivity contribution in [2.45, 2.75) is 18.2 Å². The minimum absolute atomic E-state index is 0.0720. The lowest BCUT2D eigenvalue weighted by molar-refractivity contribution is 0.208. The third-order valence-electron chi connectivity index (χ3n) is 2.14. The number of rotatable bonds is 1. The highest BCUT2D eigenvalue weighted by atomic mass is 32.1. The van der Waals surface area contributed by atoms with Crippen molar-refractivity contribution in [3.63, 3.8) is 0 Å². The molecule has 0 aromatic rings. The molecule has 0 amide bonds. The van der Waals surface area contributed by atoms with Crippen molar-refractivity contribution in [3.8, 4) is 0 Å². The fourth-order valence-corrected chi connectivity index (χ4v) is 1.73. The van der Waals surface area contributed by atoms with Gasteiger partial charge in [-0.3, -0.25) is 0 Å². The van der Waals surface area contributed by atoms with Crippen molar-refractivity contribution in [2.75, 3.05) is 20.1 Å². The van der Waals surface area contributed by atoms with Gasteiger partial charge in [-0.2, -0.15) is 12.6 Å². The topological polar surface area (TPSA) is 29.3 Å². The van der Waals surface area contributed by atoms with Gasteiger partial charge < -0.3 is 10.6 Å². The molecule has 1 fully saturated rings. The number of piperidine rings is 1. The number of hydrogen-bond acceptors (Lipinski definition) is 3. The Morgan fingerprint density at radius 3 is 2.80 bits per heavy atom. The van der Waals surface area contributed by atoms with Crippen LogP contribution in [0.15, 0.2) is 0 Å². The second-order valence-corrected chi connectivity index (χ2v) is 3.75. The number of nitrogens with zero attached hydrogens (tertiary/aromatic N) is 1. The summed E-state index contributed by atoms with van der Waals surface area (Å²) in [4.78, 5) is 2.32. The Kier molecular flexibility index (Phi) is 3.01. The Bertz CT molecular complexity index is 106. The molecule has 1 heterocycles. The molecule has 2 N–H and O–H groups in total. The monoisotopic (exact) mass is 160 g/mol. The van der Waals surface area contributed by atoms with Crippen molar-refractivity contribution in [1.29, 1.82) is 0 Å². The van der Waals surface area contributed by atoms with Crippen LogP contribution >= 0.6 is 12.6 Å². The molecule has 0 aliphatic carbocycles. The molecule has 10 heavy (non-hydrogen) atoms. The number of thiol groups is 1. The molecule has 1 rings (SSSR count). The highest BCUT2D eigenvalue weighted by Crippen LogP contribution is 2.18. The largest absolute Gasteiger partial charge is 0.319 e. The quantitative estimate of drug-likeness (QED) is 0.433. The van der Waals surface area contributed by atoms with Gasteiger partial charge >= 0.3 is 0 Å². The lowest BCUT2D eigenvalue weighted by Gasteiger charge is -2.31. The van der Waals surface area contributed by atoms with Gasteiger partial charge in [0.1, 0.15) is 0 Å². The van der Waals surface area contributed by atoms with Gasteiger partial charge in [0.05, 0.1) is 5.37 Å². The zero-order valence-corrected chi connectivity index (χ0v) is 7.35. The minimum Gasteiger partial charge on any atom is -0.319 e. The van der Waals surface area contributed by atoms with E-state index < -0.39 is 0 Å². The second kappa shape index (κ2) is 3.60. The molecule has 1 aliphatic heterocycles. The van der Waals surface area contributed by atoms with E-state index in [9.17, 15) is 0 Å². The average Bonchev–Trinajstić information content (AvgIpc) is 1.88. The van der Waals surface area contributed by atoms with Crippen molar-refractivity contribution in [1.82, 2.24) is 4.90 Å². The van der Waals surface area contributed by atoms with E-state index >= 15 is 0 Å². The van der Waals surface area contributed by atoms with E-state index in [0.717, 1.165) is 6.54 Å². The van der Waals surface area contributed by atoms with Gasteiger partial charge in [0.25, 0.3) is 0 Å². The standard InChI is InChI=1S/C7H16N2S/c1-9-4-2-3-6(5-9)7(8)10/h6-7,10H,2-5,8H2,1H3. The zero-order chi connectivity index (χ0) is 7.56. The summed E-state index contributed by atoms with van der Waals surface area (Å²) < 4.78 is 0. The van der Waals surface area contributed by atoms with Gasteiger partial charge in [-0.25, -0.2) is 0 Å². The smallest absolute Gasteiger partial charge is 0.0518 e. The molecule has 60 valence electrons. The summed E-state index contributed by atoms with van der Waals surface area (Å²) in [7, 11) is 2.14. The summed E-state index contributed by atoms with van der Waals surface area (Å²) in [5, 5.41) is 0.0720. The van der Waals surface area contributed by atoms with E-state index in [1.54, 1.807) is 0 Å². The number of nitrogens with two attached hydrogens (primary N) is 1. The molecule has 0 aromatic heterocycles. The summed E-state index contributed by atoms with van der Waals surface area (Å²) in [5.74, 6) is 0.599. The van der Waals surface area contributed by atoms with Gasteiger partial charge in [0.2, 0.25) is 0 Å². The van der Waals surface area contributed by atoms with Crippen LogP contribution in [0.1, 0.15) is 12.8 Å². The molecule has 1 aliphatic rings. The van der Waals surface area contributed by atoms with Crippen molar-refractivity contribution >= 4 is 12.6 Å². The van der Waals surface area contributed by atoms with E-state index in [1.165, 1.54) is 19.4 Å². The Balaban J connectivity index is 2.32. The first kappa shape index (κ1) is 8.37. The van der Waals surface area contributed by atoms with Crippen molar-refractivity contribution in [2.24, 2.45) is 11.7 Å². The molecule has 2 unspecified atom stereocenters. The number of likely N-dealkylation sites (tertiary alicyclic amines) is 1. The van der Waals surface area contributed by atoms with E-state index in [0.29, 0.717) is 5.92 Å². The summed E-state index contributed by atoms with van der Waals surface area (Å²) in [5.41, 5.74) is 5.67. The summed E-state index contributed by atoms with van der Waals surface area (Å²) in [6.07, 6.45) is 2.52. The van der Waals surface area contributed by atoms with Crippen LogP contribution in [0.5, 0.6) is 0 Å². The lowest BCUT2D eigenvalue weighted by atomic mass is 9.99. The van der Waals surface area contributed by atoms with E-state index in [2.05, 4.69) is 24.6 Å². The molecular formula is C7H16N2S. The molecule has 0 radical (unpaired) electrons. The Labute approximate surface area is 68.2 Å². The Morgan fingerprint density at radius 2 is 2.40 bits per heavy atom. The highest BCUT2D eigenvalue weighted by molar-refractivity contribution is 7.80. The number of hydrogen-bond donors (Lipinski definition) is 2. The SMILES string of the molecule is CN1CCCC(C(N)S)C1. The van der Waals surface area contributed by atoms with E-state index in [-0.39, 0.29) is 5.37 Å². The summed E-state index contributed by atoms with van der Waals surface area (Å²) in [6, 6.07) is 0. The molecule has 0 spiro atoms. The van der Waals surface area contributed by atoms with Gasteiger partial charge in [0, 0.05) is 6.54 Å². The van der Waals surface area contributed by atoms with Crippen LogP contribution in [0.2, 0.25) is 0 Å². The van der Waals surface area contributed by atoms with Gasteiger partial charge in [0.15, 0.2) is 0 Å². The van der Waals surface area contributed by atoms with Crippen molar-refractivity contribution < 1.29 is 0 Å². The predicted octanol–water partition coefficient (Wildman–Crippen LogP) is 0.543. The van der Waals surface area contributed by atoms with Gasteiger partial charge in [-0.1, -0.05) is 0 Å². The maximum atomic E-state index is 5.67. The third-order valence-corrected chi connectivity index (χ3v) is 2.57. The molecule has 0 bridgehead atoms. The van der Waals surface area contributed by atoms with Crippen LogP contribution in [-0.2, 0) is 0 Å². The maximum absolute atomic E-state index is 5.67. The Morgan fingerprint density at radius 1 is 1.70 bits per heavy atom. The zero-order valence-electron chi connectivity index (χ0n) is 6.45. The van der Waals surface area contributed by atoms with Gasteiger partial charge in [-0.05, 0) is 32.4 Å². The predicted molar refractivity (Wildman–Crippen MR) is 47.2 cm³/mol. The summed E-state index contributed by atoms with van der Waals surface area (Å²) >= 11 is 4.23. The van der Waals surface area contributed by atoms with E-state index in [4.69, 9.17) is 5.73 Å². The highest BCUT2D eigenvalue weighted by Gasteiger charge is 2.20. The Hall–Kier alpha value is 0.270. The fourth-order valence-electron chi connectivity index (χ4n) is 1.49.